The number of amides is 1. The van der Waals surface area contributed by atoms with Gasteiger partial charge in [-0.2, -0.15) is 5.26 Å². The van der Waals surface area contributed by atoms with Crippen molar-refractivity contribution in [3.8, 4) is 6.07 Å². The number of carboxylic acid groups (broad SMARTS) is 1. The fraction of sp³-hybridized carbons (Fsp3) is 0.471. The number of nitriles is 1. The van der Waals surface area contributed by atoms with Crippen LogP contribution in [-0.4, -0.2) is 59.0 Å². The number of nitrogens with zero attached hydrogens (tertiary/aromatic N) is 2. The fourth-order valence-corrected chi connectivity index (χ4v) is 2.85. The van der Waals surface area contributed by atoms with E-state index in [1.165, 1.54) is 0 Å². The van der Waals surface area contributed by atoms with E-state index in [2.05, 4.69) is 16.3 Å². The Hall–Kier alpha value is -2.63. The molecule has 2 rings (SSSR count). The third-order valence-corrected chi connectivity index (χ3v) is 4.37. The molecular formula is C17H21N3O5. The number of aliphatic hydroxyl groups is 2. The largest absolute Gasteiger partial charge is 0.479 e. The number of hydrogen-bond donors (Lipinski definition) is 4. The maximum absolute atomic E-state index is 11.7. The number of rotatable bonds is 6. The van der Waals surface area contributed by atoms with Crippen LogP contribution in [0, 0.1) is 17.2 Å². The van der Waals surface area contributed by atoms with Gasteiger partial charge in [0.1, 0.15) is 6.07 Å². The molecular weight excluding hydrogens is 326 g/mol. The van der Waals surface area contributed by atoms with Crippen LogP contribution in [-0.2, 0) is 9.59 Å². The molecule has 0 spiro atoms. The highest BCUT2D eigenvalue weighted by Gasteiger charge is 2.30. The van der Waals surface area contributed by atoms with E-state index in [1.807, 2.05) is 18.2 Å². The summed E-state index contributed by atoms with van der Waals surface area (Å²) in [5.41, 5.74) is 1.52. The van der Waals surface area contributed by atoms with Crippen LogP contribution >= 0.6 is 0 Å². The summed E-state index contributed by atoms with van der Waals surface area (Å²) in [5, 5.41) is 38.9. The van der Waals surface area contributed by atoms with Crippen LogP contribution in [0.5, 0.6) is 0 Å². The van der Waals surface area contributed by atoms with Gasteiger partial charge in [-0.1, -0.05) is 12.1 Å². The Bertz CT molecular complexity index is 664. The highest BCUT2D eigenvalue weighted by atomic mass is 16.4. The zero-order valence-corrected chi connectivity index (χ0v) is 13.6. The lowest BCUT2D eigenvalue weighted by Gasteiger charge is -2.34. The summed E-state index contributed by atoms with van der Waals surface area (Å²) in [6.07, 6.45) is -2.54. The van der Waals surface area contributed by atoms with E-state index in [0.29, 0.717) is 12.1 Å². The Morgan fingerprint density at radius 2 is 1.88 bits per heavy atom. The molecule has 25 heavy (non-hydrogen) atoms. The van der Waals surface area contributed by atoms with Crippen molar-refractivity contribution >= 4 is 17.6 Å². The van der Waals surface area contributed by atoms with E-state index in [9.17, 15) is 20.0 Å². The first-order chi connectivity index (χ1) is 11.9. The van der Waals surface area contributed by atoms with Gasteiger partial charge >= 0.3 is 5.97 Å². The number of aliphatic hydroxyl groups excluding tert-OH is 2. The summed E-state index contributed by atoms with van der Waals surface area (Å²) in [6, 6.07) is 9.57. The highest BCUT2D eigenvalue weighted by Crippen LogP contribution is 2.25. The van der Waals surface area contributed by atoms with E-state index in [-0.39, 0.29) is 5.92 Å². The summed E-state index contributed by atoms with van der Waals surface area (Å²) in [5.74, 6) is -2.36. The first-order valence-corrected chi connectivity index (χ1v) is 8.04. The van der Waals surface area contributed by atoms with Crippen LogP contribution in [0.25, 0.3) is 0 Å². The van der Waals surface area contributed by atoms with Gasteiger partial charge in [-0.15, -0.1) is 0 Å². The molecule has 0 bridgehead atoms. The van der Waals surface area contributed by atoms with Gasteiger partial charge in [-0.25, -0.2) is 4.79 Å². The average Bonchev–Trinajstić information content (AvgIpc) is 2.65. The molecule has 8 nitrogen and oxygen atoms in total. The molecule has 1 fully saturated rings. The van der Waals surface area contributed by atoms with Crippen LogP contribution in [0.1, 0.15) is 18.4 Å². The van der Waals surface area contributed by atoms with E-state index in [4.69, 9.17) is 10.2 Å². The Kier molecular flexibility index (Phi) is 6.33. The average molecular weight is 347 g/mol. The molecule has 0 unspecified atom stereocenters. The number of carbonyl (C=O) groups excluding carboxylic acids is 1. The third-order valence-electron chi connectivity index (χ3n) is 4.37. The van der Waals surface area contributed by atoms with Gasteiger partial charge in [0.15, 0.2) is 12.2 Å². The molecule has 8 heteroatoms. The van der Waals surface area contributed by atoms with Crippen molar-refractivity contribution in [1.29, 1.82) is 5.26 Å². The summed E-state index contributed by atoms with van der Waals surface area (Å²) >= 11 is 0. The van der Waals surface area contributed by atoms with Crippen molar-refractivity contribution in [1.82, 2.24) is 5.32 Å². The molecule has 1 heterocycles. The smallest absolute Gasteiger partial charge is 0.335 e. The fourth-order valence-electron chi connectivity index (χ4n) is 2.85. The first kappa shape index (κ1) is 18.7. The molecule has 0 saturated carbocycles. The van der Waals surface area contributed by atoms with E-state index in [0.717, 1.165) is 31.6 Å². The molecule has 1 aromatic carbocycles. The van der Waals surface area contributed by atoms with Crippen LogP contribution in [0.4, 0.5) is 5.69 Å². The topological polar surface area (TPSA) is 134 Å². The number of para-hydroxylation sites is 1. The molecule has 4 N–H and O–H groups in total. The van der Waals surface area contributed by atoms with Crippen molar-refractivity contribution in [2.24, 2.45) is 5.92 Å². The number of benzene rings is 1. The summed E-state index contributed by atoms with van der Waals surface area (Å²) in [7, 11) is 0. The normalized spacial score (nSPS) is 17.4. The van der Waals surface area contributed by atoms with Gasteiger partial charge in [-0.05, 0) is 30.9 Å². The summed E-state index contributed by atoms with van der Waals surface area (Å²) < 4.78 is 0. The lowest BCUT2D eigenvalue weighted by atomic mass is 9.95. The van der Waals surface area contributed by atoms with Gasteiger partial charge in [0.2, 0.25) is 0 Å². The minimum absolute atomic E-state index is 0.184. The second-order valence-corrected chi connectivity index (χ2v) is 6.03. The maximum atomic E-state index is 11.7. The Morgan fingerprint density at radius 1 is 1.24 bits per heavy atom. The van der Waals surface area contributed by atoms with E-state index < -0.39 is 24.1 Å². The molecule has 0 radical (unpaired) electrons. The molecule has 134 valence electrons. The van der Waals surface area contributed by atoms with Gasteiger partial charge < -0.3 is 25.5 Å². The Balaban J connectivity index is 1.82. The second-order valence-electron chi connectivity index (χ2n) is 6.03. The molecule has 1 saturated heterocycles. The van der Waals surface area contributed by atoms with Gasteiger partial charge in [0.05, 0.1) is 11.3 Å². The van der Waals surface area contributed by atoms with E-state index in [1.54, 1.807) is 6.07 Å². The highest BCUT2D eigenvalue weighted by molar-refractivity contribution is 5.87. The predicted molar refractivity (Wildman–Crippen MR) is 88.8 cm³/mol. The minimum Gasteiger partial charge on any atom is -0.479 e. The predicted octanol–water partition coefficient (Wildman–Crippen LogP) is -0.303. The lowest BCUT2D eigenvalue weighted by Crippen LogP contribution is -2.47. The summed E-state index contributed by atoms with van der Waals surface area (Å²) in [4.78, 5) is 24.4. The van der Waals surface area contributed by atoms with Crippen LogP contribution in [0.2, 0.25) is 0 Å². The number of piperidine rings is 1. The third kappa shape index (κ3) is 4.68. The zero-order chi connectivity index (χ0) is 18.4. The van der Waals surface area contributed by atoms with Crippen molar-refractivity contribution in [3.05, 3.63) is 29.8 Å². The molecule has 0 aliphatic carbocycles. The number of hydrogen-bond acceptors (Lipinski definition) is 6. The van der Waals surface area contributed by atoms with Crippen molar-refractivity contribution < 1.29 is 24.9 Å². The molecule has 1 aliphatic rings. The van der Waals surface area contributed by atoms with Crippen molar-refractivity contribution in [2.45, 2.75) is 25.0 Å². The first-order valence-electron chi connectivity index (χ1n) is 8.04. The van der Waals surface area contributed by atoms with Gasteiger partial charge in [0, 0.05) is 19.6 Å². The maximum Gasteiger partial charge on any atom is 0.335 e. The second kappa shape index (κ2) is 8.46. The number of carbonyl (C=O) groups is 2. The van der Waals surface area contributed by atoms with Gasteiger partial charge in [-0.3, -0.25) is 4.79 Å². The quantitative estimate of drug-likeness (QED) is 0.555. The molecule has 1 aromatic rings. The Morgan fingerprint density at radius 3 is 2.48 bits per heavy atom. The monoisotopic (exact) mass is 347 g/mol. The zero-order valence-electron chi connectivity index (χ0n) is 13.6. The molecule has 1 aliphatic heterocycles. The molecule has 2 atom stereocenters. The van der Waals surface area contributed by atoms with E-state index >= 15 is 0 Å². The number of nitrogens with one attached hydrogen (secondary N) is 1. The van der Waals surface area contributed by atoms with Gasteiger partial charge in [0.25, 0.3) is 5.91 Å². The van der Waals surface area contributed by atoms with Crippen molar-refractivity contribution in [2.75, 3.05) is 24.5 Å². The SMILES string of the molecule is N#Cc1ccccc1N1CCC(CNC(=O)[C@H](O)[C@@H](O)C(=O)O)CC1. The lowest BCUT2D eigenvalue weighted by molar-refractivity contribution is -0.158. The van der Waals surface area contributed by atoms with Crippen LogP contribution in [0.3, 0.4) is 0 Å². The number of aliphatic carboxylic acids is 1. The number of anilines is 1. The molecule has 1 amide bonds. The molecule has 0 aromatic heterocycles. The standard InChI is InChI=1S/C17H21N3O5/c18-9-12-3-1-2-4-13(12)20-7-5-11(6-8-20)10-19-16(23)14(21)15(22)17(24)25/h1-4,11,14-15,21-22H,5-8,10H2,(H,19,23)(H,24,25)/t14-,15-/m1/s1. The minimum atomic E-state index is -2.13. The Labute approximate surface area is 145 Å². The van der Waals surface area contributed by atoms with Crippen LogP contribution < -0.4 is 10.2 Å². The van der Waals surface area contributed by atoms with Crippen LogP contribution in [0.15, 0.2) is 24.3 Å². The summed E-state index contributed by atoms with van der Waals surface area (Å²) in [6.45, 7) is 1.77. The van der Waals surface area contributed by atoms with Crippen molar-refractivity contribution in [3.63, 3.8) is 0 Å². The number of carboxylic acids is 1.